The zero-order valence-corrected chi connectivity index (χ0v) is 9.46. The summed E-state index contributed by atoms with van der Waals surface area (Å²) < 4.78 is 31.3. The van der Waals surface area contributed by atoms with Crippen LogP contribution in [-0.4, -0.2) is 43.5 Å². The molecule has 5 nitrogen and oxygen atoms in total. The van der Waals surface area contributed by atoms with E-state index in [2.05, 4.69) is 15.6 Å². The van der Waals surface area contributed by atoms with Crippen molar-refractivity contribution in [3.05, 3.63) is 17.7 Å². The summed E-state index contributed by atoms with van der Waals surface area (Å²) in [5.74, 6) is -1.57. The molecule has 0 aliphatic carbocycles. The van der Waals surface area contributed by atoms with Crippen LogP contribution >= 0.6 is 0 Å². The van der Waals surface area contributed by atoms with Crippen LogP contribution < -0.4 is 10.6 Å². The van der Waals surface area contributed by atoms with E-state index in [1.807, 2.05) is 0 Å². The van der Waals surface area contributed by atoms with E-state index in [1.54, 1.807) is 0 Å². The standard InChI is InChI=1S/C10H15F2N3O2/c1-13-9-7(11)6-8(12)10(15-9)14-2-4-17-5-3-16/h6,16H,2-5H2,1H3,(H2,13,14,15). The number of nitrogens with one attached hydrogen (secondary N) is 2. The number of hydrogen-bond acceptors (Lipinski definition) is 5. The molecule has 1 heterocycles. The van der Waals surface area contributed by atoms with Crippen molar-refractivity contribution in [2.24, 2.45) is 0 Å². The van der Waals surface area contributed by atoms with Gasteiger partial charge in [0.05, 0.1) is 19.8 Å². The zero-order chi connectivity index (χ0) is 12.7. The molecule has 0 bridgehead atoms. The molecule has 0 atom stereocenters. The summed E-state index contributed by atoms with van der Waals surface area (Å²) in [7, 11) is 1.50. The molecule has 3 N–H and O–H groups in total. The van der Waals surface area contributed by atoms with Crippen molar-refractivity contribution in [2.45, 2.75) is 0 Å². The van der Waals surface area contributed by atoms with Crippen molar-refractivity contribution in [2.75, 3.05) is 44.0 Å². The molecule has 0 saturated carbocycles. The van der Waals surface area contributed by atoms with Crippen molar-refractivity contribution in [3.63, 3.8) is 0 Å². The number of halogens is 2. The number of ether oxygens (including phenoxy) is 1. The fraction of sp³-hybridized carbons (Fsp3) is 0.500. The molecule has 0 radical (unpaired) electrons. The number of anilines is 2. The van der Waals surface area contributed by atoms with Crippen LogP contribution in [0.3, 0.4) is 0 Å². The molecule has 0 fully saturated rings. The van der Waals surface area contributed by atoms with E-state index >= 15 is 0 Å². The van der Waals surface area contributed by atoms with E-state index in [9.17, 15) is 8.78 Å². The van der Waals surface area contributed by atoms with Crippen molar-refractivity contribution in [1.29, 1.82) is 0 Å². The van der Waals surface area contributed by atoms with Gasteiger partial charge in [-0.25, -0.2) is 13.8 Å². The monoisotopic (exact) mass is 247 g/mol. The SMILES string of the molecule is CNc1nc(NCCOCCO)c(F)cc1F. The summed E-state index contributed by atoms with van der Waals surface area (Å²) in [4.78, 5) is 3.73. The predicted octanol–water partition coefficient (Wildman–Crippen LogP) is 0.822. The van der Waals surface area contributed by atoms with Gasteiger partial charge in [0.15, 0.2) is 23.3 Å². The maximum atomic E-state index is 13.3. The molecule has 0 unspecified atom stereocenters. The first-order valence-corrected chi connectivity index (χ1v) is 5.15. The van der Waals surface area contributed by atoms with Gasteiger partial charge in [0, 0.05) is 19.7 Å². The molecular formula is C10H15F2N3O2. The van der Waals surface area contributed by atoms with Crippen molar-refractivity contribution in [1.82, 2.24) is 4.98 Å². The Morgan fingerprint density at radius 3 is 2.65 bits per heavy atom. The van der Waals surface area contributed by atoms with Crippen LogP contribution in [0.1, 0.15) is 0 Å². The van der Waals surface area contributed by atoms with Gasteiger partial charge in [-0.3, -0.25) is 0 Å². The number of pyridine rings is 1. The minimum atomic E-state index is -0.761. The average molecular weight is 247 g/mol. The molecule has 7 heteroatoms. The highest BCUT2D eigenvalue weighted by Crippen LogP contribution is 2.18. The lowest BCUT2D eigenvalue weighted by Crippen LogP contribution is -2.14. The molecule has 1 aromatic rings. The predicted molar refractivity (Wildman–Crippen MR) is 60.1 cm³/mol. The van der Waals surface area contributed by atoms with E-state index in [0.29, 0.717) is 13.2 Å². The largest absolute Gasteiger partial charge is 0.394 e. The Bertz CT molecular complexity index is 364. The maximum absolute atomic E-state index is 13.3. The van der Waals surface area contributed by atoms with Gasteiger partial charge >= 0.3 is 0 Å². The van der Waals surface area contributed by atoms with Crippen molar-refractivity contribution < 1.29 is 18.6 Å². The Labute approximate surface area is 97.8 Å². The van der Waals surface area contributed by atoms with E-state index in [-0.39, 0.29) is 24.8 Å². The molecule has 0 amide bonds. The highest BCUT2D eigenvalue weighted by atomic mass is 19.1. The summed E-state index contributed by atoms with van der Waals surface area (Å²) in [6.07, 6.45) is 0. The quantitative estimate of drug-likeness (QED) is 0.623. The Morgan fingerprint density at radius 1 is 1.29 bits per heavy atom. The third-order valence-electron chi connectivity index (χ3n) is 1.94. The van der Waals surface area contributed by atoms with E-state index in [4.69, 9.17) is 9.84 Å². The van der Waals surface area contributed by atoms with Crippen molar-refractivity contribution in [3.8, 4) is 0 Å². The van der Waals surface area contributed by atoms with Gasteiger partial charge in [0.2, 0.25) is 0 Å². The molecular weight excluding hydrogens is 232 g/mol. The third kappa shape index (κ3) is 4.12. The summed E-state index contributed by atoms with van der Waals surface area (Å²) in [5.41, 5.74) is 0. The topological polar surface area (TPSA) is 66.4 Å². The van der Waals surface area contributed by atoms with Gasteiger partial charge in [-0.1, -0.05) is 0 Å². The van der Waals surface area contributed by atoms with E-state index < -0.39 is 11.6 Å². The highest BCUT2D eigenvalue weighted by molar-refractivity contribution is 5.47. The Kier molecular flexibility index (Phi) is 5.58. The van der Waals surface area contributed by atoms with Crippen LogP contribution in [0.5, 0.6) is 0 Å². The molecule has 0 aliphatic heterocycles. The fourth-order valence-electron chi connectivity index (χ4n) is 1.17. The average Bonchev–Trinajstić information content (AvgIpc) is 2.31. The lowest BCUT2D eigenvalue weighted by atomic mass is 10.4. The number of aromatic nitrogens is 1. The number of nitrogens with zero attached hydrogens (tertiary/aromatic N) is 1. The Morgan fingerprint density at radius 2 is 2.00 bits per heavy atom. The van der Waals surface area contributed by atoms with Crippen LogP contribution in [0, 0.1) is 11.6 Å². The Hall–Kier alpha value is -1.47. The van der Waals surface area contributed by atoms with Gasteiger partial charge in [0.25, 0.3) is 0 Å². The van der Waals surface area contributed by atoms with Crippen LogP contribution in [0.25, 0.3) is 0 Å². The molecule has 0 saturated heterocycles. The van der Waals surface area contributed by atoms with Crippen LogP contribution in [-0.2, 0) is 4.74 Å². The third-order valence-corrected chi connectivity index (χ3v) is 1.94. The zero-order valence-electron chi connectivity index (χ0n) is 9.46. The number of hydrogen-bond donors (Lipinski definition) is 3. The second kappa shape index (κ2) is 6.97. The van der Waals surface area contributed by atoms with Crippen LogP contribution in [0.4, 0.5) is 20.4 Å². The molecule has 0 spiro atoms. The summed E-state index contributed by atoms with van der Waals surface area (Å²) in [6, 6.07) is 0.760. The second-order valence-electron chi connectivity index (χ2n) is 3.16. The van der Waals surface area contributed by atoms with E-state index in [1.165, 1.54) is 7.05 Å². The second-order valence-corrected chi connectivity index (χ2v) is 3.16. The summed E-state index contributed by atoms with van der Waals surface area (Å²) >= 11 is 0. The minimum absolute atomic E-state index is 0.0230. The first kappa shape index (κ1) is 13.6. The number of aliphatic hydroxyl groups is 1. The van der Waals surface area contributed by atoms with Crippen LogP contribution in [0.15, 0.2) is 6.07 Å². The lowest BCUT2D eigenvalue weighted by molar-refractivity contribution is 0.0991. The van der Waals surface area contributed by atoms with Gasteiger partial charge in [-0.2, -0.15) is 0 Å². The highest BCUT2D eigenvalue weighted by Gasteiger charge is 2.10. The smallest absolute Gasteiger partial charge is 0.168 e. The Balaban J connectivity index is 2.52. The normalized spacial score (nSPS) is 10.4. The van der Waals surface area contributed by atoms with E-state index in [0.717, 1.165) is 6.07 Å². The van der Waals surface area contributed by atoms with Crippen LogP contribution in [0.2, 0.25) is 0 Å². The molecule has 17 heavy (non-hydrogen) atoms. The molecule has 0 aliphatic rings. The lowest BCUT2D eigenvalue weighted by Gasteiger charge is -2.09. The summed E-state index contributed by atoms with van der Waals surface area (Å²) in [6.45, 7) is 0.780. The maximum Gasteiger partial charge on any atom is 0.168 e. The number of aliphatic hydroxyl groups excluding tert-OH is 1. The van der Waals surface area contributed by atoms with Gasteiger partial charge < -0.3 is 20.5 Å². The molecule has 1 rings (SSSR count). The van der Waals surface area contributed by atoms with Gasteiger partial charge in [-0.05, 0) is 0 Å². The summed E-state index contributed by atoms with van der Waals surface area (Å²) in [5, 5.41) is 13.6. The molecule has 0 aromatic carbocycles. The number of rotatable bonds is 7. The van der Waals surface area contributed by atoms with Gasteiger partial charge in [0.1, 0.15) is 0 Å². The fourth-order valence-corrected chi connectivity index (χ4v) is 1.17. The molecule has 96 valence electrons. The first-order chi connectivity index (χ1) is 8.19. The minimum Gasteiger partial charge on any atom is -0.394 e. The molecule has 1 aromatic heterocycles. The van der Waals surface area contributed by atoms with Crippen molar-refractivity contribution >= 4 is 11.6 Å². The van der Waals surface area contributed by atoms with Gasteiger partial charge in [-0.15, -0.1) is 0 Å². The first-order valence-electron chi connectivity index (χ1n) is 5.15.